The first-order valence-electron chi connectivity index (χ1n) is 10.9. The summed E-state index contributed by atoms with van der Waals surface area (Å²) in [4.78, 5) is 26.6. The number of hydrogen-bond donors (Lipinski definition) is 0. The van der Waals surface area contributed by atoms with Crippen LogP contribution in [0.5, 0.6) is 0 Å². The first-order chi connectivity index (χ1) is 16.2. The van der Waals surface area contributed by atoms with Crippen molar-refractivity contribution >= 4 is 27.6 Å². The molecule has 1 fully saturated rings. The van der Waals surface area contributed by atoms with Gasteiger partial charge in [0.15, 0.2) is 6.61 Å². The van der Waals surface area contributed by atoms with Crippen LogP contribution in [0.4, 0.5) is 10.1 Å². The van der Waals surface area contributed by atoms with Crippen LogP contribution in [0.15, 0.2) is 47.4 Å². The van der Waals surface area contributed by atoms with E-state index in [1.807, 2.05) is 6.07 Å². The van der Waals surface area contributed by atoms with Crippen LogP contribution < -0.4 is 4.90 Å². The van der Waals surface area contributed by atoms with E-state index in [1.54, 1.807) is 6.92 Å². The van der Waals surface area contributed by atoms with E-state index in [4.69, 9.17) is 10.00 Å². The summed E-state index contributed by atoms with van der Waals surface area (Å²) in [6.07, 6.45) is 2.60. The van der Waals surface area contributed by atoms with Crippen molar-refractivity contribution < 1.29 is 27.1 Å². The third-order valence-electron chi connectivity index (χ3n) is 5.57. The SMILES string of the molecule is Cc1ccc(C(=O)OCC(=O)N(CCC#N)c2ccc(F)cc2)cc1S(=O)(=O)N1CCCCC1. The minimum atomic E-state index is -3.75. The monoisotopic (exact) mass is 487 g/mol. The van der Waals surface area contributed by atoms with Gasteiger partial charge in [-0.1, -0.05) is 12.5 Å². The highest BCUT2D eigenvalue weighted by Gasteiger charge is 2.28. The molecule has 0 spiro atoms. The van der Waals surface area contributed by atoms with Gasteiger partial charge in [-0.3, -0.25) is 4.79 Å². The van der Waals surface area contributed by atoms with Crippen molar-refractivity contribution in [2.24, 2.45) is 0 Å². The summed E-state index contributed by atoms with van der Waals surface area (Å²) in [5, 5.41) is 8.88. The Morgan fingerprint density at radius 3 is 2.44 bits per heavy atom. The molecular weight excluding hydrogens is 461 g/mol. The van der Waals surface area contributed by atoms with Crippen molar-refractivity contribution in [3.05, 3.63) is 59.4 Å². The van der Waals surface area contributed by atoms with Crippen LogP contribution in [-0.2, 0) is 19.6 Å². The molecule has 0 bridgehead atoms. The maximum absolute atomic E-state index is 13.2. The van der Waals surface area contributed by atoms with Crippen LogP contribution in [0.3, 0.4) is 0 Å². The number of hydrogen-bond acceptors (Lipinski definition) is 6. The Morgan fingerprint density at radius 1 is 1.12 bits per heavy atom. The maximum atomic E-state index is 13.2. The van der Waals surface area contributed by atoms with Gasteiger partial charge in [0, 0.05) is 25.3 Å². The number of nitriles is 1. The van der Waals surface area contributed by atoms with E-state index in [9.17, 15) is 22.4 Å². The Labute approximate surface area is 198 Å². The molecular formula is C24H26FN3O5S. The van der Waals surface area contributed by atoms with Crippen LogP contribution >= 0.6 is 0 Å². The largest absolute Gasteiger partial charge is 0.452 e. The van der Waals surface area contributed by atoms with Crippen LogP contribution in [0, 0.1) is 24.1 Å². The highest BCUT2D eigenvalue weighted by Crippen LogP contribution is 2.25. The van der Waals surface area contributed by atoms with E-state index >= 15 is 0 Å². The quantitative estimate of drug-likeness (QED) is 0.528. The average molecular weight is 488 g/mol. The number of amides is 1. The summed E-state index contributed by atoms with van der Waals surface area (Å²) in [7, 11) is -3.75. The number of carbonyl (C=O) groups excluding carboxylic acids is 2. The van der Waals surface area contributed by atoms with Gasteiger partial charge in [0.25, 0.3) is 5.91 Å². The number of piperidine rings is 1. The van der Waals surface area contributed by atoms with Gasteiger partial charge in [-0.15, -0.1) is 0 Å². The lowest BCUT2D eigenvalue weighted by Gasteiger charge is -2.26. The Kier molecular flexibility index (Phi) is 8.36. The van der Waals surface area contributed by atoms with Crippen molar-refractivity contribution in [3.8, 4) is 6.07 Å². The zero-order valence-corrected chi connectivity index (χ0v) is 19.7. The predicted octanol–water partition coefficient (Wildman–Crippen LogP) is 3.41. The number of aryl methyl sites for hydroxylation is 1. The zero-order chi connectivity index (χ0) is 24.7. The molecule has 0 unspecified atom stereocenters. The lowest BCUT2D eigenvalue weighted by atomic mass is 10.1. The van der Waals surface area contributed by atoms with Crippen molar-refractivity contribution in [2.75, 3.05) is 31.1 Å². The standard InChI is InChI=1S/C24H26FN3O5S/c1-18-6-7-19(16-22(18)34(31,32)27-13-3-2-4-14-27)24(30)33-17-23(29)28(15-5-12-26)21-10-8-20(25)9-11-21/h6-11,16H,2-5,13-15,17H2,1H3. The van der Waals surface area contributed by atoms with Gasteiger partial charge in [-0.25, -0.2) is 17.6 Å². The molecule has 3 rings (SSSR count). The van der Waals surface area contributed by atoms with Gasteiger partial charge >= 0.3 is 5.97 Å². The van der Waals surface area contributed by atoms with Gasteiger partial charge < -0.3 is 9.64 Å². The van der Waals surface area contributed by atoms with E-state index in [2.05, 4.69) is 0 Å². The molecule has 180 valence electrons. The molecule has 1 aliphatic rings. The molecule has 0 aromatic heterocycles. The molecule has 0 N–H and O–H groups in total. The number of nitrogens with zero attached hydrogens (tertiary/aromatic N) is 3. The smallest absolute Gasteiger partial charge is 0.338 e. The molecule has 1 amide bonds. The van der Waals surface area contributed by atoms with Crippen LogP contribution in [0.25, 0.3) is 0 Å². The van der Waals surface area contributed by atoms with Gasteiger partial charge in [-0.2, -0.15) is 9.57 Å². The molecule has 8 nitrogen and oxygen atoms in total. The normalized spacial score (nSPS) is 14.3. The third kappa shape index (κ3) is 5.98. The number of anilines is 1. The van der Waals surface area contributed by atoms with Crippen LogP contribution in [0.2, 0.25) is 0 Å². The molecule has 0 radical (unpaired) electrons. The number of ether oxygens (including phenoxy) is 1. The fourth-order valence-corrected chi connectivity index (χ4v) is 5.49. The lowest BCUT2D eigenvalue weighted by molar-refractivity contribution is -0.121. The Bertz CT molecular complexity index is 1190. The molecule has 1 heterocycles. The zero-order valence-electron chi connectivity index (χ0n) is 18.9. The molecule has 1 saturated heterocycles. The van der Waals surface area contributed by atoms with E-state index in [0.29, 0.717) is 24.3 Å². The highest BCUT2D eigenvalue weighted by atomic mass is 32.2. The van der Waals surface area contributed by atoms with E-state index in [0.717, 1.165) is 19.3 Å². The first kappa shape index (κ1) is 25.3. The van der Waals surface area contributed by atoms with Crippen molar-refractivity contribution in [1.29, 1.82) is 5.26 Å². The fourth-order valence-electron chi connectivity index (χ4n) is 3.72. The van der Waals surface area contributed by atoms with E-state index < -0.39 is 34.3 Å². The second-order valence-electron chi connectivity index (χ2n) is 7.95. The molecule has 2 aromatic rings. The van der Waals surface area contributed by atoms with Crippen LogP contribution in [0.1, 0.15) is 41.6 Å². The van der Waals surface area contributed by atoms with Gasteiger partial charge in [0.1, 0.15) is 5.82 Å². The third-order valence-corrected chi connectivity index (χ3v) is 7.61. The number of halogens is 1. The van der Waals surface area contributed by atoms with Gasteiger partial charge in [-0.05, 0) is 61.7 Å². The molecule has 0 saturated carbocycles. The Hall–Kier alpha value is -3.29. The average Bonchev–Trinajstić information content (AvgIpc) is 2.84. The summed E-state index contributed by atoms with van der Waals surface area (Å²) in [6.45, 7) is 1.95. The summed E-state index contributed by atoms with van der Waals surface area (Å²) in [6, 6.07) is 11.4. The molecule has 10 heteroatoms. The van der Waals surface area contributed by atoms with Crippen molar-refractivity contribution in [1.82, 2.24) is 4.31 Å². The van der Waals surface area contributed by atoms with E-state index in [-0.39, 0.29) is 23.4 Å². The number of rotatable bonds is 8. The van der Waals surface area contributed by atoms with Crippen LogP contribution in [-0.4, -0.2) is 50.8 Å². The second-order valence-corrected chi connectivity index (χ2v) is 9.86. The Balaban J connectivity index is 1.73. The topological polar surface area (TPSA) is 108 Å². The fraction of sp³-hybridized carbons (Fsp3) is 0.375. The summed E-state index contributed by atoms with van der Waals surface area (Å²) in [5.74, 6) is -1.91. The first-order valence-corrected chi connectivity index (χ1v) is 12.4. The number of benzene rings is 2. The lowest BCUT2D eigenvalue weighted by Crippen LogP contribution is -2.36. The minimum absolute atomic E-state index is 0.0133. The summed E-state index contributed by atoms with van der Waals surface area (Å²) >= 11 is 0. The minimum Gasteiger partial charge on any atom is -0.452 e. The van der Waals surface area contributed by atoms with Gasteiger partial charge in [0.2, 0.25) is 10.0 Å². The summed E-state index contributed by atoms with van der Waals surface area (Å²) in [5.41, 5.74) is 0.888. The second kappa shape index (κ2) is 11.2. The maximum Gasteiger partial charge on any atom is 0.338 e. The Morgan fingerprint density at radius 2 is 1.79 bits per heavy atom. The summed E-state index contributed by atoms with van der Waals surface area (Å²) < 4.78 is 46.0. The number of sulfonamides is 1. The molecule has 2 aromatic carbocycles. The number of esters is 1. The number of carbonyl (C=O) groups is 2. The van der Waals surface area contributed by atoms with Crippen molar-refractivity contribution in [3.63, 3.8) is 0 Å². The molecule has 1 aliphatic heterocycles. The highest BCUT2D eigenvalue weighted by molar-refractivity contribution is 7.89. The van der Waals surface area contributed by atoms with Gasteiger partial charge in [0.05, 0.1) is 22.9 Å². The van der Waals surface area contributed by atoms with Crippen molar-refractivity contribution in [2.45, 2.75) is 37.5 Å². The molecule has 0 atom stereocenters. The predicted molar refractivity (Wildman–Crippen MR) is 123 cm³/mol. The molecule has 0 aliphatic carbocycles. The van der Waals surface area contributed by atoms with E-state index in [1.165, 1.54) is 51.7 Å². The molecule has 34 heavy (non-hydrogen) atoms.